The quantitative estimate of drug-likeness (QED) is 0.751. The third-order valence-electron chi connectivity index (χ3n) is 5.45. The van der Waals surface area contributed by atoms with Crippen LogP contribution in [0.2, 0.25) is 0 Å². The Labute approximate surface area is 118 Å². The Morgan fingerprint density at radius 2 is 1.53 bits per heavy atom. The van der Waals surface area contributed by atoms with E-state index in [0.717, 1.165) is 44.2 Å². The van der Waals surface area contributed by atoms with Gasteiger partial charge in [-0.15, -0.1) is 0 Å². The van der Waals surface area contributed by atoms with Crippen molar-refractivity contribution in [2.45, 2.75) is 65.2 Å². The normalized spacial score (nSPS) is 30.4. The summed E-state index contributed by atoms with van der Waals surface area (Å²) in [5, 5.41) is 0. The summed E-state index contributed by atoms with van der Waals surface area (Å²) in [4.78, 5) is 14.3. The number of carbonyl (C=O) groups is 1. The first-order chi connectivity index (χ1) is 9.22. The molecule has 0 N–H and O–H groups in total. The molecule has 0 atom stereocenters. The first kappa shape index (κ1) is 15.0. The van der Waals surface area contributed by atoms with Crippen LogP contribution in [-0.2, 0) is 4.79 Å². The van der Waals surface area contributed by atoms with Crippen molar-refractivity contribution < 1.29 is 4.79 Å². The van der Waals surface area contributed by atoms with Gasteiger partial charge in [-0.1, -0.05) is 33.1 Å². The number of Topliss-reactive ketones (excluding diaryl/α,β-unsaturated/α-hetero) is 1. The molecule has 2 fully saturated rings. The van der Waals surface area contributed by atoms with Crippen molar-refractivity contribution in [2.24, 2.45) is 17.8 Å². The van der Waals surface area contributed by atoms with E-state index in [4.69, 9.17) is 0 Å². The molecule has 0 aromatic rings. The molecule has 0 aromatic heterocycles. The van der Waals surface area contributed by atoms with Crippen LogP contribution >= 0.6 is 0 Å². The predicted molar refractivity (Wildman–Crippen MR) is 80.2 cm³/mol. The smallest absolute Gasteiger partial charge is 0.135 e. The average molecular weight is 265 g/mol. The summed E-state index contributed by atoms with van der Waals surface area (Å²) in [6.07, 6.45) is 10.1. The maximum atomic E-state index is 11.7. The lowest BCUT2D eigenvalue weighted by atomic mass is 9.80. The van der Waals surface area contributed by atoms with Crippen LogP contribution in [0.4, 0.5) is 0 Å². The van der Waals surface area contributed by atoms with Crippen molar-refractivity contribution in [2.75, 3.05) is 19.6 Å². The molecule has 1 saturated carbocycles. The molecule has 1 aliphatic carbocycles. The molecule has 0 radical (unpaired) electrons. The fourth-order valence-corrected chi connectivity index (χ4v) is 3.91. The number of hydrogen-bond donors (Lipinski definition) is 0. The molecule has 1 heterocycles. The second-order valence-corrected chi connectivity index (χ2v) is 6.69. The van der Waals surface area contributed by atoms with E-state index in [0.29, 0.717) is 11.7 Å². The van der Waals surface area contributed by atoms with E-state index < -0.39 is 0 Å². The Morgan fingerprint density at radius 3 is 2.05 bits per heavy atom. The summed E-state index contributed by atoms with van der Waals surface area (Å²) < 4.78 is 0. The molecule has 2 aliphatic rings. The van der Waals surface area contributed by atoms with E-state index in [9.17, 15) is 4.79 Å². The first-order valence-corrected chi connectivity index (χ1v) is 8.48. The van der Waals surface area contributed by atoms with Crippen molar-refractivity contribution in [1.29, 1.82) is 0 Å². The van der Waals surface area contributed by atoms with E-state index in [2.05, 4.69) is 11.8 Å². The number of hydrogen-bond acceptors (Lipinski definition) is 2. The Hall–Kier alpha value is -0.370. The molecular weight excluding hydrogens is 234 g/mol. The van der Waals surface area contributed by atoms with Gasteiger partial charge in [0.1, 0.15) is 5.78 Å². The van der Waals surface area contributed by atoms with E-state index in [-0.39, 0.29) is 0 Å². The lowest BCUT2D eigenvalue weighted by Gasteiger charge is -2.36. The lowest BCUT2D eigenvalue weighted by Crippen LogP contribution is -2.39. The zero-order chi connectivity index (χ0) is 13.7. The van der Waals surface area contributed by atoms with Crippen LogP contribution in [0.3, 0.4) is 0 Å². The molecule has 0 bridgehead atoms. The van der Waals surface area contributed by atoms with Crippen molar-refractivity contribution in [1.82, 2.24) is 4.90 Å². The van der Waals surface area contributed by atoms with Crippen molar-refractivity contribution in [3.63, 3.8) is 0 Å². The molecule has 2 heteroatoms. The van der Waals surface area contributed by atoms with Crippen LogP contribution < -0.4 is 0 Å². The van der Waals surface area contributed by atoms with Crippen LogP contribution in [0.25, 0.3) is 0 Å². The van der Waals surface area contributed by atoms with Crippen LogP contribution in [0.1, 0.15) is 65.2 Å². The van der Waals surface area contributed by atoms with Gasteiger partial charge in [-0.05, 0) is 50.6 Å². The standard InChI is InChI=1S/C17H31NO/c1-3-14-5-7-15(8-6-14)13-18-11-9-16(10-12-18)17(19)4-2/h14-16H,3-13H2,1-2H3. The average Bonchev–Trinajstić information content (AvgIpc) is 2.48. The van der Waals surface area contributed by atoms with Crippen molar-refractivity contribution >= 4 is 5.78 Å². The molecule has 0 unspecified atom stereocenters. The van der Waals surface area contributed by atoms with E-state index >= 15 is 0 Å². The summed E-state index contributed by atoms with van der Waals surface area (Å²) in [6, 6.07) is 0. The summed E-state index contributed by atoms with van der Waals surface area (Å²) in [5.41, 5.74) is 0. The lowest BCUT2D eigenvalue weighted by molar-refractivity contribution is -0.124. The van der Waals surface area contributed by atoms with Gasteiger partial charge in [0.25, 0.3) is 0 Å². The third-order valence-corrected chi connectivity index (χ3v) is 5.45. The Bertz CT molecular complexity index is 273. The van der Waals surface area contributed by atoms with Crippen molar-refractivity contribution in [3.8, 4) is 0 Å². The number of nitrogens with zero attached hydrogens (tertiary/aromatic N) is 1. The van der Waals surface area contributed by atoms with Gasteiger partial charge < -0.3 is 4.90 Å². The summed E-state index contributed by atoms with van der Waals surface area (Å²) >= 11 is 0. The number of rotatable bonds is 5. The molecule has 1 aliphatic heterocycles. The van der Waals surface area contributed by atoms with Gasteiger partial charge in [0.15, 0.2) is 0 Å². The van der Waals surface area contributed by atoms with Gasteiger partial charge in [0.2, 0.25) is 0 Å². The molecule has 19 heavy (non-hydrogen) atoms. The molecule has 0 aromatic carbocycles. The molecule has 0 spiro atoms. The second-order valence-electron chi connectivity index (χ2n) is 6.69. The van der Waals surface area contributed by atoms with Gasteiger partial charge in [-0.3, -0.25) is 4.79 Å². The minimum absolute atomic E-state index is 0.372. The molecule has 1 saturated heterocycles. The Kier molecular flexibility index (Phi) is 5.87. The van der Waals surface area contributed by atoms with Crippen LogP contribution in [0, 0.1) is 17.8 Å². The van der Waals surface area contributed by atoms with Crippen LogP contribution in [0.5, 0.6) is 0 Å². The monoisotopic (exact) mass is 265 g/mol. The van der Waals surface area contributed by atoms with E-state index in [1.54, 1.807) is 0 Å². The molecular formula is C17H31NO. The summed E-state index contributed by atoms with van der Waals surface area (Å²) in [5.74, 6) is 2.80. The molecule has 2 nitrogen and oxygen atoms in total. The number of ketones is 1. The van der Waals surface area contributed by atoms with Crippen LogP contribution in [-0.4, -0.2) is 30.3 Å². The minimum Gasteiger partial charge on any atom is -0.303 e. The SMILES string of the molecule is CCC(=O)C1CCN(CC2CCC(CC)CC2)CC1. The van der Waals surface area contributed by atoms with Gasteiger partial charge in [0.05, 0.1) is 0 Å². The molecule has 2 rings (SSSR count). The summed E-state index contributed by atoms with van der Waals surface area (Å²) in [6.45, 7) is 7.94. The third kappa shape index (κ3) is 4.30. The van der Waals surface area contributed by atoms with Gasteiger partial charge in [-0.25, -0.2) is 0 Å². The van der Waals surface area contributed by atoms with Crippen LogP contribution in [0.15, 0.2) is 0 Å². The molecule has 110 valence electrons. The maximum absolute atomic E-state index is 11.7. The highest BCUT2D eigenvalue weighted by atomic mass is 16.1. The minimum atomic E-state index is 0.372. The maximum Gasteiger partial charge on any atom is 0.135 e. The number of piperidine rings is 1. The fourth-order valence-electron chi connectivity index (χ4n) is 3.91. The van der Waals surface area contributed by atoms with Crippen molar-refractivity contribution in [3.05, 3.63) is 0 Å². The second kappa shape index (κ2) is 7.42. The van der Waals surface area contributed by atoms with E-state index in [1.165, 1.54) is 38.6 Å². The topological polar surface area (TPSA) is 20.3 Å². The largest absolute Gasteiger partial charge is 0.303 e. The highest BCUT2D eigenvalue weighted by Gasteiger charge is 2.26. The zero-order valence-electron chi connectivity index (χ0n) is 12.9. The van der Waals surface area contributed by atoms with Gasteiger partial charge in [0, 0.05) is 18.9 Å². The number of likely N-dealkylation sites (tertiary alicyclic amines) is 1. The first-order valence-electron chi connectivity index (χ1n) is 8.48. The predicted octanol–water partition coefficient (Wildman–Crippen LogP) is 3.89. The molecule has 0 amide bonds. The Morgan fingerprint density at radius 1 is 0.947 bits per heavy atom. The number of carbonyl (C=O) groups excluding carboxylic acids is 1. The van der Waals surface area contributed by atoms with Gasteiger partial charge >= 0.3 is 0 Å². The summed E-state index contributed by atoms with van der Waals surface area (Å²) in [7, 11) is 0. The highest BCUT2D eigenvalue weighted by Crippen LogP contribution is 2.31. The fraction of sp³-hybridized carbons (Fsp3) is 0.941. The zero-order valence-corrected chi connectivity index (χ0v) is 12.9. The van der Waals surface area contributed by atoms with Gasteiger partial charge in [-0.2, -0.15) is 0 Å². The highest BCUT2D eigenvalue weighted by molar-refractivity contribution is 5.80. The Balaban J connectivity index is 1.67. The van der Waals surface area contributed by atoms with E-state index in [1.807, 2.05) is 6.92 Å².